The normalized spacial score (nSPS) is 10.4. The van der Waals surface area contributed by atoms with E-state index in [-0.39, 0.29) is 17.9 Å². The monoisotopic (exact) mass is 250 g/mol. The minimum absolute atomic E-state index is 0.0837. The van der Waals surface area contributed by atoms with Crippen molar-refractivity contribution in [1.29, 1.82) is 0 Å². The molecule has 0 saturated carbocycles. The largest absolute Gasteiger partial charge is 0.486 e. The number of benzene rings is 2. The molecule has 1 N–H and O–H groups in total. The van der Waals surface area contributed by atoms with Crippen LogP contribution in [0.4, 0.5) is 8.78 Å². The van der Waals surface area contributed by atoms with E-state index in [0.717, 1.165) is 17.7 Å². The first kappa shape index (κ1) is 12.5. The lowest BCUT2D eigenvalue weighted by atomic mass is 10.2. The molecule has 94 valence electrons. The van der Waals surface area contributed by atoms with Crippen LogP contribution < -0.4 is 4.74 Å². The Balaban J connectivity index is 2.13. The van der Waals surface area contributed by atoms with Gasteiger partial charge in [-0.2, -0.15) is 0 Å². The third kappa shape index (κ3) is 2.84. The third-order valence-electron chi connectivity index (χ3n) is 2.51. The predicted molar refractivity (Wildman–Crippen MR) is 63.1 cm³/mol. The molecule has 0 aliphatic carbocycles. The second kappa shape index (κ2) is 5.60. The third-order valence-corrected chi connectivity index (χ3v) is 2.51. The lowest BCUT2D eigenvalue weighted by molar-refractivity contribution is 0.269. The molecule has 0 saturated heterocycles. The molecule has 0 spiro atoms. The first-order valence-corrected chi connectivity index (χ1v) is 5.46. The van der Waals surface area contributed by atoms with Crippen molar-refractivity contribution in [3.05, 3.63) is 65.2 Å². The zero-order valence-electron chi connectivity index (χ0n) is 9.57. The molecular weight excluding hydrogens is 238 g/mol. The molecule has 4 heteroatoms. The van der Waals surface area contributed by atoms with Crippen molar-refractivity contribution in [2.24, 2.45) is 0 Å². The zero-order chi connectivity index (χ0) is 13.0. The summed E-state index contributed by atoms with van der Waals surface area (Å²) in [4.78, 5) is 0. The number of aliphatic hydroxyl groups is 1. The van der Waals surface area contributed by atoms with E-state index in [9.17, 15) is 8.78 Å². The first-order chi connectivity index (χ1) is 8.70. The second-order valence-corrected chi connectivity index (χ2v) is 3.81. The highest BCUT2D eigenvalue weighted by Crippen LogP contribution is 2.22. The quantitative estimate of drug-likeness (QED) is 0.903. The van der Waals surface area contributed by atoms with Gasteiger partial charge >= 0.3 is 0 Å². The van der Waals surface area contributed by atoms with Gasteiger partial charge in [-0.15, -0.1) is 0 Å². The molecule has 2 aromatic carbocycles. The average Bonchev–Trinajstić information content (AvgIpc) is 2.40. The fourth-order valence-corrected chi connectivity index (χ4v) is 1.54. The number of hydrogen-bond acceptors (Lipinski definition) is 2. The number of halogens is 2. The molecule has 2 nitrogen and oxygen atoms in total. The fraction of sp³-hybridized carbons (Fsp3) is 0.143. The van der Waals surface area contributed by atoms with Gasteiger partial charge in [-0.25, -0.2) is 8.78 Å². The average molecular weight is 250 g/mol. The topological polar surface area (TPSA) is 29.5 Å². The summed E-state index contributed by atoms with van der Waals surface area (Å²) in [6.07, 6.45) is 0. The van der Waals surface area contributed by atoms with Crippen LogP contribution in [-0.4, -0.2) is 5.11 Å². The van der Waals surface area contributed by atoms with Crippen LogP contribution in [0.3, 0.4) is 0 Å². The molecule has 0 aromatic heterocycles. The van der Waals surface area contributed by atoms with Crippen molar-refractivity contribution in [3.63, 3.8) is 0 Å². The molecule has 0 aliphatic rings. The van der Waals surface area contributed by atoms with Crippen LogP contribution in [0.25, 0.3) is 0 Å². The van der Waals surface area contributed by atoms with Gasteiger partial charge in [-0.05, 0) is 11.6 Å². The van der Waals surface area contributed by atoms with Gasteiger partial charge in [0.15, 0.2) is 11.6 Å². The minimum Gasteiger partial charge on any atom is -0.486 e. The van der Waals surface area contributed by atoms with E-state index >= 15 is 0 Å². The Labute approximate surface area is 103 Å². The van der Waals surface area contributed by atoms with E-state index in [1.165, 1.54) is 0 Å². The van der Waals surface area contributed by atoms with Crippen molar-refractivity contribution < 1.29 is 18.6 Å². The summed E-state index contributed by atoms with van der Waals surface area (Å²) >= 11 is 0. The molecule has 0 unspecified atom stereocenters. The van der Waals surface area contributed by atoms with Crippen molar-refractivity contribution >= 4 is 0 Å². The number of hydrogen-bond donors (Lipinski definition) is 1. The minimum atomic E-state index is -0.684. The Bertz CT molecular complexity index is 527. The molecule has 0 atom stereocenters. The lowest BCUT2D eigenvalue weighted by Crippen LogP contribution is -2.00. The van der Waals surface area contributed by atoms with E-state index in [1.807, 2.05) is 30.3 Å². The summed E-state index contributed by atoms with van der Waals surface area (Å²) in [6.45, 7) is -0.378. The maximum atomic E-state index is 13.5. The zero-order valence-corrected chi connectivity index (χ0v) is 9.57. The van der Waals surface area contributed by atoms with Crippen molar-refractivity contribution in [3.8, 4) is 5.75 Å². The Morgan fingerprint density at radius 2 is 1.72 bits per heavy atom. The van der Waals surface area contributed by atoms with Crippen LogP contribution in [0.15, 0.2) is 42.5 Å². The predicted octanol–water partition coefficient (Wildman–Crippen LogP) is 3.04. The number of ether oxygens (including phenoxy) is 1. The van der Waals surface area contributed by atoms with Crippen LogP contribution in [0.5, 0.6) is 5.75 Å². The van der Waals surface area contributed by atoms with Gasteiger partial charge in [0.1, 0.15) is 12.4 Å². The molecule has 0 bridgehead atoms. The number of aliphatic hydroxyl groups excluding tert-OH is 1. The van der Waals surface area contributed by atoms with Gasteiger partial charge in [0.2, 0.25) is 0 Å². The van der Waals surface area contributed by atoms with Gasteiger partial charge in [0.25, 0.3) is 0 Å². The van der Waals surface area contributed by atoms with E-state index in [1.54, 1.807) is 0 Å². The Kier molecular flexibility index (Phi) is 3.89. The molecule has 2 rings (SSSR count). The van der Waals surface area contributed by atoms with Crippen LogP contribution in [-0.2, 0) is 13.2 Å². The molecule has 0 heterocycles. The molecule has 0 radical (unpaired) electrons. The summed E-state index contributed by atoms with van der Waals surface area (Å²) in [5.41, 5.74) is 0.781. The Morgan fingerprint density at radius 3 is 2.39 bits per heavy atom. The Hall–Kier alpha value is -1.94. The molecule has 0 amide bonds. The van der Waals surface area contributed by atoms with Crippen molar-refractivity contribution in [2.45, 2.75) is 13.2 Å². The van der Waals surface area contributed by atoms with E-state index in [0.29, 0.717) is 0 Å². The molecule has 18 heavy (non-hydrogen) atoms. The maximum Gasteiger partial charge on any atom is 0.165 e. The molecule has 2 aromatic rings. The summed E-state index contributed by atoms with van der Waals surface area (Å²) in [6, 6.07) is 11.1. The van der Waals surface area contributed by atoms with Gasteiger partial charge in [0, 0.05) is 11.6 Å². The second-order valence-electron chi connectivity index (χ2n) is 3.81. The van der Waals surface area contributed by atoms with Crippen LogP contribution in [0.1, 0.15) is 11.1 Å². The highest BCUT2D eigenvalue weighted by atomic mass is 19.1. The smallest absolute Gasteiger partial charge is 0.165 e. The van der Waals surface area contributed by atoms with E-state index in [4.69, 9.17) is 9.84 Å². The fourth-order valence-electron chi connectivity index (χ4n) is 1.54. The van der Waals surface area contributed by atoms with Crippen molar-refractivity contribution in [1.82, 2.24) is 0 Å². The molecular formula is C14H12F2O2. The molecule has 0 aliphatic heterocycles. The van der Waals surface area contributed by atoms with Crippen molar-refractivity contribution in [2.75, 3.05) is 0 Å². The summed E-state index contributed by atoms with van der Waals surface area (Å²) in [5.74, 6) is -1.52. The standard InChI is InChI=1S/C14H12F2O2/c15-12-7-14(13(16)6-11(12)8-17)18-9-10-4-2-1-3-5-10/h1-7,17H,8-9H2. The summed E-state index contributed by atoms with van der Waals surface area (Å²) in [7, 11) is 0. The van der Waals surface area contributed by atoms with Crippen LogP contribution in [0.2, 0.25) is 0 Å². The highest BCUT2D eigenvalue weighted by molar-refractivity contribution is 5.31. The van der Waals surface area contributed by atoms with Gasteiger partial charge in [-0.3, -0.25) is 0 Å². The summed E-state index contributed by atoms with van der Waals surface area (Å²) < 4.78 is 32.1. The summed E-state index contributed by atoms with van der Waals surface area (Å²) in [5, 5.41) is 8.79. The Morgan fingerprint density at radius 1 is 1.00 bits per heavy atom. The molecule has 0 fully saturated rings. The maximum absolute atomic E-state index is 13.5. The first-order valence-electron chi connectivity index (χ1n) is 5.46. The lowest BCUT2D eigenvalue weighted by Gasteiger charge is -2.09. The van der Waals surface area contributed by atoms with Crippen LogP contribution >= 0.6 is 0 Å². The van der Waals surface area contributed by atoms with Gasteiger partial charge in [0.05, 0.1) is 6.61 Å². The van der Waals surface area contributed by atoms with E-state index < -0.39 is 18.2 Å². The number of rotatable bonds is 4. The highest BCUT2D eigenvalue weighted by Gasteiger charge is 2.10. The van der Waals surface area contributed by atoms with Gasteiger partial charge < -0.3 is 9.84 Å². The van der Waals surface area contributed by atoms with Crippen LogP contribution in [0, 0.1) is 11.6 Å². The van der Waals surface area contributed by atoms with E-state index in [2.05, 4.69) is 0 Å². The SMILES string of the molecule is OCc1cc(F)c(OCc2ccccc2)cc1F. The van der Waals surface area contributed by atoms with Gasteiger partial charge in [-0.1, -0.05) is 30.3 Å².